The molecule has 1 aliphatic heterocycles. The highest BCUT2D eigenvalue weighted by Gasteiger charge is 2.23. The van der Waals surface area contributed by atoms with E-state index < -0.39 is 0 Å². The smallest absolute Gasteiger partial charge is 0.236 e. The predicted octanol–water partition coefficient (Wildman–Crippen LogP) is 0.113. The van der Waals surface area contributed by atoms with E-state index in [1.54, 1.807) is 0 Å². The molecule has 0 saturated carbocycles. The zero-order chi connectivity index (χ0) is 13.8. The van der Waals surface area contributed by atoms with Gasteiger partial charge in [0.05, 0.1) is 6.54 Å². The van der Waals surface area contributed by atoms with Gasteiger partial charge in [0, 0.05) is 45.1 Å². The maximum atomic E-state index is 12.0. The molecule has 1 aromatic rings. The number of carbonyl (C=O) groups excluding carboxylic acids is 1. The number of amides is 1. The topological polar surface area (TPSA) is 44.6 Å². The number of carbonyl (C=O) groups is 1. The summed E-state index contributed by atoms with van der Waals surface area (Å²) < 4.78 is 2.14. The molecular formula is C13H23N5O. The van der Waals surface area contributed by atoms with Gasteiger partial charge in [-0.2, -0.15) is 0 Å². The molecule has 106 valence electrons. The van der Waals surface area contributed by atoms with Gasteiger partial charge in [0.25, 0.3) is 0 Å². The Kier molecular flexibility index (Phi) is 4.42. The Morgan fingerprint density at radius 1 is 1.32 bits per heavy atom. The molecule has 0 bridgehead atoms. The van der Waals surface area contributed by atoms with Gasteiger partial charge in [-0.3, -0.25) is 4.79 Å². The van der Waals surface area contributed by atoms with Crippen molar-refractivity contribution in [2.45, 2.75) is 13.5 Å². The molecule has 2 rings (SSSR count). The number of imidazole rings is 1. The quantitative estimate of drug-likeness (QED) is 0.775. The molecule has 19 heavy (non-hydrogen) atoms. The van der Waals surface area contributed by atoms with Crippen molar-refractivity contribution in [2.75, 3.05) is 51.7 Å². The lowest BCUT2D eigenvalue weighted by atomic mass is 10.3. The van der Waals surface area contributed by atoms with E-state index in [2.05, 4.69) is 21.4 Å². The molecule has 0 aliphatic carbocycles. The normalized spacial score (nSPS) is 16.2. The van der Waals surface area contributed by atoms with Crippen LogP contribution >= 0.6 is 0 Å². The first-order chi connectivity index (χ1) is 9.11. The highest BCUT2D eigenvalue weighted by atomic mass is 16.2. The van der Waals surface area contributed by atoms with Crippen molar-refractivity contribution in [1.82, 2.24) is 19.4 Å². The summed E-state index contributed by atoms with van der Waals surface area (Å²) in [5.74, 6) is 1.23. The molecule has 0 radical (unpaired) electrons. The van der Waals surface area contributed by atoms with Gasteiger partial charge >= 0.3 is 0 Å². The van der Waals surface area contributed by atoms with Crippen molar-refractivity contribution in [2.24, 2.45) is 0 Å². The highest BCUT2D eigenvalue weighted by Crippen LogP contribution is 2.14. The zero-order valence-electron chi connectivity index (χ0n) is 12.0. The predicted molar refractivity (Wildman–Crippen MR) is 75.2 cm³/mol. The van der Waals surface area contributed by atoms with Crippen LogP contribution in [0.3, 0.4) is 0 Å². The van der Waals surface area contributed by atoms with Gasteiger partial charge in [-0.15, -0.1) is 0 Å². The van der Waals surface area contributed by atoms with Crippen LogP contribution in [-0.4, -0.2) is 72.1 Å². The molecule has 6 heteroatoms. The lowest BCUT2D eigenvalue weighted by Gasteiger charge is -2.35. The van der Waals surface area contributed by atoms with E-state index in [1.807, 2.05) is 36.3 Å². The number of hydrogen-bond acceptors (Lipinski definition) is 4. The average Bonchev–Trinajstić information content (AvgIpc) is 2.86. The van der Waals surface area contributed by atoms with Crippen LogP contribution in [0.2, 0.25) is 0 Å². The summed E-state index contributed by atoms with van der Waals surface area (Å²) in [7, 11) is 3.85. The van der Waals surface area contributed by atoms with Crippen molar-refractivity contribution < 1.29 is 4.79 Å². The van der Waals surface area contributed by atoms with Crippen LogP contribution in [0.4, 0.5) is 5.95 Å². The zero-order valence-corrected chi connectivity index (χ0v) is 12.0. The summed E-state index contributed by atoms with van der Waals surface area (Å²) in [5, 5.41) is 0. The Balaban J connectivity index is 1.90. The summed E-state index contributed by atoms with van der Waals surface area (Å²) in [6.45, 7) is 6.81. The molecule has 1 aromatic heterocycles. The first-order valence-corrected chi connectivity index (χ1v) is 6.80. The van der Waals surface area contributed by atoms with Crippen molar-refractivity contribution in [1.29, 1.82) is 0 Å². The number of aromatic nitrogens is 2. The summed E-state index contributed by atoms with van der Waals surface area (Å²) in [6, 6.07) is 0. The molecule has 2 heterocycles. The molecule has 1 saturated heterocycles. The van der Waals surface area contributed by atoms with Gasteiger partial charge in [-0.1, -0.05) is 0 Å². The Bertz CT molecular complexity index is 420. The third kappa shape index (κ3) is 3.26. The van der Waals surface area contributed by atoms with Crippen LogP contribution in [0.5, 0.6) is 0 Å². The van der Waals surface area contributed by atoms with Crippen molar-refractivity contribution >= 4 is 11.9 Å². The van der Waals surface area contributed by atoms with E-state index in [-0.39, 0.29) is 5.91 Å². The van der Waals surface area contributed by atoms with E-state index in [0.29, 0.717) is 6.54 Å². The van der Waals surface area contributed by atoms with Gasteiger partial charge in [0.1, 0.15) is 0 Å². The number of anilines is 1. The van der Waals surface area contributed by atoms with Crippen LogP contribution in [0.25, 0.3) is 0 Å². The summed E-state index contributed by atoms with van der Waals surface area (Å²) in [6.07, 6.45) is 3.83. The van der Waals surface area contributed by atoms with Gasteiger partial charge in [-0.25, -0.2) is 4.98 Å². The highest BCUT2D eigenvalue weighted by molar-refractivity contribution is 5.78. The van der Waals surface area contributed by atoms with E-state index in [1.165, 1.54) is 0 Å². The first-order valence-electron chi connectivity index (χ1n) is 6.80. The third-order valence-electron chi connectivity index (χ3n) is 3.40. The van der Waals surface area contributed by atoms with E-state index in [9.17, 15) is 4.79 Å². The molecule has 0 spiro atoms. The molecule has 6 nitrogen and oxygen atoms in total. The summed E-state index contributed by atoms with van der Waals surface area (Å²) in [4.78, 5) is 22.5. The number of nitrogens with zero attached hydrogens (tertiary/aromatic N) is 5. The second-order valence-corrected chi connectivity index (χ2v) is 5.12. The SMILES string of the molecule is CCn1ccnc1N1CCN(C(=O)CN(C)C)CC1. The average molecular weight is 265 g/mol. The fourth-order valence-corrected chi connectivity index (χ4v) is 2.36. The molecule has 1 fully saturated rings. The van der Waals surface area contributed by atoms with E-state index >= 15 is 0 Å². The number of piperazine rings is 1. The van der Waals surface area contributed by atoms with Crippen LogP contribution < -0.4 is 4.90 Å². The maximum absolute atomic E-state index is 12.0. The molecule has 1 amide bonds. The maximum Gasteiger partial charge on any atom is 0.236 e. The molecule has 0 N–H and O–H groups in total. The Morgan fingerprint density at radius 2 is 2.00 bits per heavy atom. The molecular weight excluding hydrogens is 242 g/mol. The standard InChI is InChI=1S/C13H23N5O/c1-4-16-6-5-14-13(16)18-9-7-17(8-10-18)12(19)11-15(2)3/h5-6H,4,7-11H2,1-3H3. The van der Waals surface area contributed by atoms with Crippen LogP contribution in [0.15, 0.2) is 12.4 Å². The minimum atomic E-state index is 0.212. The molecule has 0 atom stereocenters. The monoisotopic (exact) mass is 265 g/mol. The number of likely N-dealkylation sites (N-methyl/N-ethyl adjacent to an activating group) is 1. The van der Waals surface area contributed by atoms with E-state index in [0.717, 1.165) is 38.7 Å². The lowest BCUT2D eigenvalue weighted by molar-refractivity contribution is -0.132. The summed E-state index contributed by atoms with van der Waals surface area (Å²) >= 11 is 0. The minimum Gasteiger partial charge on any atom is -0.339 e. The second kappa shape index (κ2) is 6.06. The van der Waals surface area contributed by atoms with Crippen molar-refractivity contribution in [3.8, 4) is 0 Å². The molecule has 0 unspecified atom stereocenters. The number of aryl methyl sites for hydroxylation is 1. The number of rotatable bonds is 4. The van der Waals surface area contributed by atoms with E-state index in [4.69, 9.17) is 0 Å². The molecule has 0 aromatic carbocycles. The van der Waals surface area contributed by atoms with Gasteiger partial charge in [0.15, 0.2) is 0 Å². The van der Waals surface area contributed by atoms with Gasteiger partial charge in [0.2, 0.25) is 11.9 Å². The van der Waals surface area contributed by atoms with Crippen LogP contribution in [0, 0.1) is 0 Å². The largest absolute Gasteiger partial charge is 0.339 e. The fourth-order valence-electron chi connectivity index (χ4n) is 2.36. The first kappa shape index (κ1) is 13.9. The lowest BCUT2D eigenvalue weighted by Crippen LogP contribution is -2.51. The second-order valence-electron chi connectivity index (χ2n) is 5.12. The van der Waals surface area contributed by atoms with Gasteiger partial charge < -0.3 is 19.3 Å². The Morgan fingerprint density at radius 3 is 2.58 bits per heavy atom. The third-order valence-corrected chi connectivity index (χ3v) is 3.40. The van der Waals surface area contributed by atoms with Crippen molar-refractivity contribution in [3.63, 3.8) is 0 Å². The minimum absolute atomic E-state index is 0.212. The van der Waals surface area contributed by atoms with Crippen molar-refractivity contribution in [3.05, 3.63) is 12.4 Å². The number of hydrogen-bond donors (Lipinski definition) is 0. The van der Waals surface area contributed by atoms with Gasteiger partial charge in [-0.05, 0) is 21.0 Å². The Hall–Kier alpha value is -1.56. The Labute approximate surface area is 114 Å². The molecule has 1 aliphatic rings. The summed E-state index contributed by atoms with van der Waals surface area (Å²) in [5.41, 5.74) is 0. The van der Waals surface area contributed by atoms with Crippen LogP contribution in [0.1, 0.15) is 6.92 Å². The fraction of sp³-hybridized carbons (Fsp3) is 0.692. The van der Waals surface area contributed by atoms with Crippen LogP contribution in [-0.2, 0) is 11.3 Å².